The number of epoxide rings is 1. The number of halogens is 1. The maximum absolute atomic E-state index is 13.1. The van der Waals surface area contributed by atoms with E-state index in [9.17, 15) is 9.90 Å². The van der Waals surface area contributed by atoms with E-state index in [0.717, 1.165) is 17.3 Å². The first-order valence-corrected chi connectivity index (χ1v) is 10.7. The second-order valence-electron chi connectivity index (χ2n) is 7.99. The van der Waals surface area contributed by atoms with Crippen LogP contribution in [0.3, 0.4) is 0 Å². The molecule has 2 aromatic heterocycles. The van der Waals surface area contributed by atoms with Crippen LogP contribution in [0.5, 0.6) is 0 Å². The SMILES string of the molecule is Br.C[N+]1(C)[C@@H]2CC(OC(=O)C(O)(c3cccs3)c3cccs3)C[C@H]1[C@@H]1O[C@@H]12.[Na+]. The molecule has 3 fully saturated rings. The number of ether oxygens (including phenoxy) is 2. The van der Waals surface area contributed by atoms with Crippen molar-refractivity contribution in [2.45, 2.75) is 48.8 Å². The van der Waals surface area contributed by atoms with Crippen LogP contribution in [0.4, 0.5) is 0 Å². The molecular formula is C19H23BrNNaO4S2+2. The zero-order chi connectivity index (χ0) is 18.1. The Hall–Kier alpha value is 0.230. The standard InChI is InChI=1S/C19H22NO4S2.BrH.Na/c1-20(2)12-9-11(10-13(20)17-16(12)24-17)23-18(21)19(22,14-5-3-7-25-14)15-6-4-8-26-15;;/h3-8,11-13,16-17,22H,9-10H2,1-2H3;1H;/q+1;;+1/t11?,12-,13+,16-,17+;;. The fourth-order valence-electron chi connectivity index (χ4n) is 4.83. The summed E-state index contributed by atoms with van der Waals surface area (Å²) in [6, 6.07) is 8.01. The van der Waals surface area contributed by atoms with Gasteiger partial charge in [0.05, 0.1) is 23.8 Å². The van der Waals surface area contributed by atoms with E-state index in [2.05, 4.69) is 14.1 Å². The van der Waals surface area contributed by atoms with Gasteiger partial charge in [-0.15, -0.1) is 39.7 Å². The van der Waals surface area contributed by atoms with Gasteiger partial charge in [-0.1, -0.05) is 12.1 Å². The second kappa shape index (κ2) is 8.05. The third-order valence-corrected chi connectivity index (χ3v) is 8.32. The molecule has 3 aliphatic heterocycles. The van der Waals surface area contributed by atoms with Gasteiger partial charge in [0, 0.05) is 12.8 Å². The Morgan fingerprint density at radius 3 is 2.07 bits per heavy atom. The third kappa shape index (κ3) is 3.39. The number of hydrogen-bond acceptors (Lipinski definition) is 6. The van der Waals surface area contributed by atoms with Crippen LogP contribution in [0.15, 0.2) is 35.0 Å². The number of aliphatic hydroxyl groups is 1. The third-order valence-electron chi connectivity index (χ3n) is 6.36. The van der Waals surface area contributed by atoms with Crippen LogP contribution in [-0.4, -0.2) is 60.0 Å². The van der Waals surface area contributed by atoms with Gasteiger partial charge in [-0.25, -0.2) is 4.79 Å². The fourth-order valence-corrected chi connectivity index (χ4v) is 6.54. The van der Waals surface area contributed by atoms with Gasteiger partial charge >= 0.3 is 35.5 Å². The second-order valence-corrected chi connectivity index (χ2v) is 9.89. The van der Waals surface area contributed by atoms with Crippen molar-refractivity contribution in [2.24, 2.45) is 0 Å². The number of esters is 1. The van der Waals surface area contributed by atoms with Crippen molar-refractivity contribution < 1.29 is 53.4 Å². The van der Waals surface area contributed by atoms with Crippen molar-refractivity contribution in [2.75, 3.05) is 14.1 Å². The van der Waals surface area contributed by atoms with Gasteiger partial charge in [0.2, 0.25) is 5.60 Å². The number of morpholine rings is 1. The molecule has 5 rings (SSSR count). The number of carbonyl (C=O) groups is 1. The van der Waals surface area contributed by atoms with Gasteiger partial charge in [0.1, 0.15) is 30.4 Å². The summed E-state index contributed by atoms with van der Waals surface area (Å²) in [5.74, 6) is -0.561. The van der Waals surface area contributed by atoms with Gasteiger partial charge in [-0.2, -0.15) is 0 Å². The first-order valence-electron chi connectivity index (χ1n) is 8.92. The minimum Gasteiger partial charge on any atom is -0.459 e. The average Bonchev–Trinajstić information content (AvgIpc) is 2.98. The minimum atomic E-state index is -1.72. The molecule has 0 aliphatic carbocycles. The first-order chi connectivity index (χ1) is 12.4. The zero-order valence-corrected chi connectivity index (χ0v) is 21.5. The number of quaternary nitrogens is 1. The van der Waals surface area contributed by atoms with Crippen LogP contribution < -0.4 is 29.6 Å². The molecule has 0 radical (unpaired) electrons. The molecule has 5 nitrogen and oxygen atoms in total. The topological polar surface area (TPSA) is 59.1 Å². The van der Waals surface area contributed by atoms with E-state index in [0.29, 0.717) is 34.0 Å². The monoisotopic (exact) mass is 495 g/mol. The molecule has 0 aromatic carbocycles. The van der Waals surface area contributed by atoms with E-state index in [1.165, 1.54) is 22.7 Å². The molecule has 5 heterocycles. The Labute approximate surface area is 205 Å². The van der Waals surface area contributed by atoms with E-state index < -0.39 is 11.6 Å². The summed E-state index contributed by atoms with van der Waals surface area (Å²) in [4.78, 5) is 14.3. The van der Waals surface area contributed by atoms with Gasteiger partial charge < -0.3 is 19.1 Å². The van der Waals surface area contributed by atoms with Crippen molar-refractivity contribution in [3.8, 4) is 0 Å². The molecule has 0 spiro atoms. The predicted octanol–water partition coefficient (Wildman–Crippen LogP) is -0.0724. The molecule has 5 atom stereocenters. The molecule has 0 amide bonds. The number of likely N-dealkylation sites (N-methyl/N-ethyl adjacent to an activating group) is 1. The normalized spacial score (nSPS) is 31.9. The van der Waals surface area contributed by atoms with E-state index >= 15 is 0 Å². The maximum atomic E-state index is 13.1. The minimum absolute atomic E-state index is 0. The first kappa shape index (κ1) is 22.9. The number of rotatable bonds is 4. The van der Waals surface area contributed by atoms with Crippen LogP contribution in [-0.2, 0) is 19.9 Å². The number of fused-ring (bicyclic) bond motifs is 5. The largest absolute Gasteiger partial charge is 1.00 e. The van der Waals surface area contributed by atoms with Crippen LogP contribution in [0.2, 0.25) is 0 Å². The van der Waals surface area contributed by atoms with Crippen molar-refractivity contribution in [1.29, 1.82) is 0 Å². The summed E-state index contributed by atoms with van der Waals surface area (Å²) in [5.41, 5.74) is -1.72. The van der Waals surface area contributed by atoms with Crippen LogP contribution in [0, 0.1) is 0 Å². The van der Waals surface area contributed by atoms with Crippen molar-refractivity contribution >= 4 is 45.6 Å². The maximum Gasteiger partial charge on any atom is 1.00 e. The van der Waals surface area contributed by atoms with Crippen LogP contribution >= 0.6 is 39.7 Å². The van der Waals surface area contributed by atoms with Crippen molar-refractivity contribution in [3.63, 3.8) is 0 Å². The molecule has 2 aromatic rings. The van der Waals surface area contributed by atoms with E-state index in [-0.39, 0.29) is 52.6 Å². The van der Waals surface area contributed by atoms with E-state index in [1.807, 2.05) is 22.9 Å². The predicted molar refractivity (Wildman–Crippen MR) is 109 cm³/mol. The van der Waals surface area contributed by atoms with Crippen molar-refractivity contribution in [3.05, 3.63) is 44.8 Å². The molecule has 1 N–H and O–H groups in total. The van der Waals surface area contributed by atoms with E-state index in [4.69, 9.17) is 9.47 Å². The van der Waals surface area contributed by atoms with Gasteiger partial charge in [-0.3, -0.25) is 0 Å². The molecule has 0 saturated carbocycles. The summed E-state index contributed by atoms with van der Waals surface area (Å²) in [6.07, 6.45) is 2.05. The molecule has 28 heavy (non-hydrogen) atoms. The molecular weight excluding hydrogens is 473 g/mol. The summed E-state index contributed by atoms with van der Waals surface area (Å²) >= 11 is 2.74. The Kier molecular flexibility index (Phi) is 6.59. The Balaban J connectivity index is 0.00000112. The molecule has 146 valence electrons. The number of nitrogens with zero attached hydrogens (tertiary/aromatic N) is 1. The summed E-state index contributed by atoms with van der Waals surface area (Å²) in [6.45, 7) is 0. The van der Waals surface area contributed by atoms with Gasteiger partial charge in [-0.05, 0) is 22.9 Å². The van der Waals surface area contributed by atoms with E-state index in [1.54, 1.807) is 12.1 Å². The van der Waals surface area contributed by atoms with Gasteiger partial charge in [0.25, 0.3) is 0 Å². The molecule has 3 saturated heterocycles. The molecule has 2 bridgehead atoms. The summed E-state index contributed by atoms with van der Waals surface area (Å²) in [7, 11) is 4.49. The Morgan fingerprint density at radius 2 is 1.64 bits per heavy atom. The summed E-state index contributed by atoms with van der Waals surface area (Å²) < 4.78 is 12.6. The Morgan fingerprint density at radius 1 is 1.14 bits per heavy atom. The van der Waals surface area contributed by atoms with Crippen LogP contribution in [0.25, 0.3) is 0 Å². The zero-order valence-electron chi connectivity index (χ0n) is 16.1. The number of carbonyl (C=O) groups excluding carboxylic acids is 1. The number of hydrogen-bond donors (Lipinski definition) is 1. The van der Waals surface area contributed by atoms with Crippen molar-refractivity contribution in [1.82, 2.24) is 0 Å². The average molecular weight is 496 g/mol. The molecule has 3 aliphatic rings. The smallest absolute Gasteiger partial charge is 0.459 e. The van der Waals surface area contributed by atoms with Crippen LogP contribution in [0.1, 0.15) is 22.6 Å². The fraction of sp³-hybridized carbons (Fsp3) is 0.526. The number of thiophene rings is 2. The quantitative estimate of drug-likeness (QED) is 0.279. The van der Waals surface area contributed by atoms with Gasteiger partial charge in [0.15, 0.2) is 0 Å². The molecule has 1 unspecified atom stereocenters. The number of piperidine rings is 1. The summed E-state index contributed by atoms with van der Waals surface area (Å²) in [5, 5.41) is 15.1. The Bertz CT molecular complexity index is 775. The molecule has 9 heteroatoms.